The normalized spacial score (nSPS) is 12.0. The maximum Gasteiger partial charge on any atom is 0.262 e. The maximum atomic E-state index is 12.4. The van der Waals surface area contributed by atoms with E-state index < -0.39 is 0 Å². The SMILES string of the molecule is CC[C@@H](C)c1ccc(OCC(=O)Nc2ccc(Cl)c(-c3nc4ccccc4[nH]3)c2)cc1. The number of nitrogens with zero attached hydrogens (tertiary/aromatic N) is 1. The van der Waals surface area contributed by atoms with Crippen LogP contribution in [0.15, 0.2) is 66.7 Å². The Morgan fingerprint density at radius 3 is 2.65 bits per heavy atom. The Hall–Kier alpha value is -3.31. The van der Waals surface area contributed by atoms with E-state index in [1.165, 1.54) is 5.56 Å². The van der Waals surface area contributed by atoms with Crippen LogP contribution in [0.25, 0.3) is 22.4 Å². The number of amides is 1. The van der Waals surface area contributed by atoms with Crippen molar-refractivity contribution in [2.75, 3.05) is 11.9 Å². The van der Waals surface area contributed by atoms with Crippen molar-refractivity contribution < 1.29 is 9.53 Å². The molecule has 2 N–H and O–H groups in total. The van der Waals surface area contributed by atoms with Gasteiger partial charge in [0.2, 0.25) is 0 Å². The lowest BCUT2D eigenvalue weighted by molar-refractivity contribution is -0.118. The number of fused-ring (bicyclic) bond motifs is 1. The van der Waals surface area contributed by atoms with Gasteiger partial charge in [0.1, 0.15) is 11.6 Å². The molecule has 0 fully saturated rings. The summed E-state index contributed by atoms with van der Waals surface area (Å²) in [7, 11) is 0. The summed E-state index contributed by atoms with van der Waals surface area (Å²) in [5, 5.41) is 3.41. The van der Waals surface area contributed by atoms with Crippen molar-refractivity contribution in [1.82, 2.24) is 9.97 Å². The van der Waals surface area contributed by atoms with E-state index in [2.05, 4.69) is 29.1 Å². The molecule has 1 atom stereocenters. The number of ether oxygens (including phenoxy) is 1. The average Bonchev–Trinajstić information content (AvgIpc) is 3.23. The molecule has 5 nitrogen and oxygen atoms in total. The van der Waals surface area contributed by atoms with E-state index >= 15 is 0 Å². The fourth-order valence-corrected chi connectivity index (χ4v) is 3.55. The van der Waals surface area contributed by atoms with Gasteiger partial charge in [-0.05, 0) is 60.4 Å². The molecule has 31 heavy (non-hydrogen) atoms. The number of para-hydroxylation sites is 2. The van der Waals surface area contributed by atoms with Gasteiger partial charge >= 0.3 is 0 Å². The number of carbonyl (C=O) groups excluding carboxylic acids is 1. The topological polar surface area (TPSA) is 67.0 Å². The number of H-pyrrole nitrogens is 1. The van der Waals surface area contributed by atoms with Crippen LogP contribution in [0, 0.1) is 0 Å². The number of hydrogen-bond donors (Lipinski definition) is 2. The van der Waals surface area contributed by atoms with Crippen LogP contribution < -0.4 is 10.1 Å². The molecule has 0 aliphatic rings. The van der Waals surface area contributed by atoms with E-state index in [1.54, 1.807) is 18.2 Å². The second kappa shape index (κ2) is 9.23. The number of aromatic amines is 1. The molecule has 1 heterocycles. The molecule has 0 bridgehead atoms. The maximum absolute atomic E-state index is 12.4. The Morgan fingerprint density at radius 2 is 1.90 bits per heavy atom. The van der Waals surface area contributed by atoms with E-state index in [1.807, 2.05) is 48.5 Å². The third kappa shape index (κ3) is 4.89. The Morgan fingerprint density at radius 1 is 1.13 bits per heavy atom. The number of nitrogens with one attached hydrogen (secondary N) is 2. The second-order valence-corrected chi connectivity index (χ2v) is 7.92. The van der Waals surface area contributed by atoms with Crippen LogP contribution in [0.5, 0.6) is 5.75 Å². The van der Waals surface area contributed by atoms with Gasteiger partial charge in [-0.2, -0.15) is 0 Å². The van der Waals surface area contributed by atoms with E-state index in [-0.39, 0.29) is 12.5 Å². The van der Waals surface area contributed by atoms with Crippen LogP contribution >= 0.6 is 11.6 Å². The molecule has 0 aliphatic carbocycles. The number of carbonyl (C=O) groups is 1. The molecule has 0 spiro atoms. The van der Waals surface area contributed by atoms with E-state index in [4.69, 9.17) is 16.3 Å². The number of benzene rings is 3. The fraction of sp³-hybridized carbons (Fsp3) is 0.200. The van der Waals surface area contributed by atoms with Gasteiger partial charge in [0.05, 0.1) is 16.1 Å². The highest BCUT2D eigenvalue weighted by Gasteiger charge is 2.12. The fourth-order valence-electron chi connectivity index (χ4n) is 3.34. The summed E-state index contributed by atoms with van der Waals surface area (Å²) >= 11 is 6.38. The first-order chi connectivity index (χ1) is 15.0. The van der Waals surface area contributed by atoms with Crippen molar-refractivity contribution >= 4 is 34.2 Å². The van der Waals surface area contributed by atoms with Crippen LogP contribution in [0.1, 0.15) is 31.7 Å². The predicted molar refractivity (Wildman–Crippen MR) is 126 cm³/mol. The van der Waals surface area contributed by atoms with Gasteiger partial charge in [-0.3, -0.25) is 4.79 Å². The Labute approximate surface area is 186 Å². The summed E-state index contributed by atoms with van der Waals surface area (Å²) in [6.07, 6.45) is 1.08. The summed E-state index contributed by atoms with van der Waals surface area (Å²) in [6.45, 7) is 4.27. The summed E-state index contributed by atoms with van der Waals surface area (Å²) < 4.78 is 5.63. The molecule has 3 aromatic carbocycles. The molecule has 6 heteroatoms. The van der Waals surface area contributed by atoms with Crippen molar-refractivity contribution in [2.24, 2.45) is 0 Å². The van der Waals surface area contributed by atoms with Crippen LogP contribution in [0.2, 0.25) is 5.02 Å². The largest absolute Gasteiger partial charge is 0.484 e. The standard InChI is InChI=1S/C25H24ClN3O2/c1-3-16(2)17-8-11-19(12-9-17)31-15-24(30)27-18-10-13-21(26)20(14-18)25-28-22-6-4-5-7-23(22)29-25/h4-14,16H,3,15H2,1-2H3,(H,27,30)(H,28,29)/t16-/m1/s1. The summed E-state index contributed by atoms with van der Waals surface area (Å²) in [6, 6.07) is 21.0. The molecule has 4 aromatic rings. The molecule has 0 aliphatic heterocycles. The first-order valence-electron chi connectivity index (χ1n) is 10.3. The minimum absolute atomic E-state index is 0.0781. The third-order valence-electron chi connectivity index (χ3n) is 5.33. The third-order valence-corrected chi connectivity index (χ3v) is 5.66. The quantitative estimate of drug-likeness (QED) is 0.353. The Bertz CT molecular complexity index is 1170. The van der Waals surface area contributed by atoms with Crippen LogP contribution in [-0.2, 0) is 4.79 Å². The van der Waals surface area contributed by atoms with Gasteiger partial charge in [-0.15, -0.1) is 0 Å². The minimum Gasteiger partial charge on any atom is -0.484 e. The monoisotopic (exact) mass is 433 g/mol. The number of anilines is 1. The van der Waals surface area contributed by atoms with Crippen molar-refractivity contribution in [3.05, 3.63) is 77.3 Å². The van der Waals surface area contributed by atoms with Gasteiger partial charge in [-0.1, -0.05) is 49.7 Å². The molecule has 0 saturated heterocycles. The summed E-state index contributed by atoms with van der Waals surface area (Å²) in [4.78, 5) is 20.2. The molecular weight excluding hydrogens is 410 g/mol. The van der Waals surface area contributed by atoms with Gasteiger partial charge in [-0.25, -0.2) is 4.98 Å². The highest BCUT2D eigenvalue weighted by atomic mass is 35.5. The van der Waals surface area contributed by atoms with Crippen LogP contribution in [0.3, 0.4) is 0 Å². The smallest absolute Gasteiger partial charge is 0.262 e. The van der Waals surface area contributed by atoms with Crippen molar-refractivity contribution in [2.45, 2.75) is 26.2 Å². The molecular formula is C25H24ClN3O2. The molecule has 1 amide bonds. The molecule has 0 radical (unpaired) electrons. The van der Waals surface area contributed by atoms with Gasteiger partial charge in [0.15, 0.2) is 6.61 Å². The number of hydrogen-bond acceptors (Lipinski definition) is 3. The number of rotatable bonds is 7. The van der Waals surface area contributed by atoms with Crippen LogP contribution in [-0.4, -0.2) is 22.5 Å². The lowest BCUT2D eigenvalue weighted by atomic mass is 9.99. The highest BCUT2D eigenvalue weighted by Crippen LogP contribution is 2.30. The van der Waals surface area contributed by atoms with Gasteiger partial charge < -0.3 is 15.0 Å². The number of imidazole rings is 1. The number of halogens is 1. The summed E-state index contributed by atoms with van der Waals surface area (Å²) in [5.41, 5.74) is 4.39. The lowest BCUT2D eigenvalue weighted by Crippen LogP contribution is -2.20. The summed E-state index contributed by atoms with van der Waals surface area (Å²) in [5.74, 6) is 1.58. The molecule has 4 rings (SSSR count). The van der Waals surface area contributed by atoms with E-state index in [0.29, 0.717) is 28.2 Å². The first kappa shape index (κ1) is 20.9. The van der Waals surface area contributed by atoms with Gasteiger partial charge in [0.25, 0.3) is 5.91 Å². The molecule has 0 unspecified atom stereocenters. The molecule has 158 valence electrons. The van der Waals surface area contributed by atoms with Crippen molar-refractivity contribution in [3.63, 3.8) is 0 Å². The van der Waals surface area contributed by atoms with E-state index in [9.17, 15) is 4.79 Å². The van der Waals surface area contributed by atoms with E-state index in [0.717, 1.165) is 23.0 Å². The van der Waals surface area contributed by atoms with Crippen molar-refractivity contribution in [1.29, 1.82) is 0 Å². The molecule has 1 aromatic heterocycles. The van der Waals surface area contributed by atoms with Crippen molar-refractivity contribution in [3.8, 4) is 17.1 Å². The van der Waals surface area contributed by atoms with Crippen LogP contribution in [0.4, 0.5) is 5.69 Å². The van der Waals surface area contributed by atoms with Gasteiger partial charge in [0, 0.05) is 11.3 Å². The highest BCUT2D eigenvalue weighted by molar-refractivity contribution is 6.33. The second-order valence-electron chi connectivity index (χ2n) is 7.51. The predicted octanol–water partition coefficient (Wildman–Crippen LogP) is 6.41. The Balaban J connectivity index is 1.42. The first-order valence-corrected chi connectivity index (χ1v) is 10.7. The lowest BCUT2D eigenvalue weighted by Gasteiger charge is -2.11. The molecule has 0 saturated carbocycles. The zero-order valence-electron chi connectivity index (χ0n) is 17.5. The minimum atomic E-state index is -0.246. The average molecular weight is 434 g/mol. The zero-order chi connectivity index (χ0) is 21.8. The zero-order valence-corrected chi connectivity index (χ0v) is 18.2. The number of aromatic nitrogens is 2. The Kier molecular flexibility index (Phi) is 6.23.